The minimum absolute atomic E-state index is 0. The van der Waals surface area contributed by atoms with Crippen LogP contribution >= 0.6 is 12.4 Å². The first-order chi connectivity index (χ1) is 15.2. The number of ether oxygens (including phenoxy) is 1. The van der Waals surface area contributed by atoms with Gasteiger partial charge in [0.1, 0.15) is 22.6 Å². The van der Waals surface area contributed by atoms with Gasteiger partial charge in [0, 0.05) is 0 Å². The number of benzene rings is 1. The van der Waals surface area contributed by atoms with Gasteiger partial charge in [-0.25, -0.2) is 9.59 Å². The Morgan fingerprint density at radius 3 is 2.58 bits per heavy atom. The number of carboxylic acid groups (broad SMARTS) is 1. The third-order valence-electron chi connectivity index (χ3n) is 6.30. The van der Waals surface area contributed by atoms with Crippen molar-refractivity contribution in [3.8, 4) is 11.5 Å². The Labute approximate surface area is 195 Å². The van der Waals surface area contributed by atoms with Crippen LogP contribution in [0, 0.1) is 0 Å². The summed E-state index contributed by atoms with van der Waals surface area (Å²) in [5.41, 5.74) is 10.00. The number of carboxylic acids is 1. The van der Waals surface area contributed by atoms with Gasteiger partial charge in [-0.3, -0.25) is 14.7 Å². The Kier molecular flexibility index (Phi) is 6.66. The lowest BCUT2D eigenvalue weighted by Gasteiger charge is -2.35. The van der Waals surface area contributed by atoms with Gasteiger partial charge in [0.2, 0.25) is 0 Å². The van der Waals surface area contributed by atoms with Crippen molar-refractivity contribution in [3.05, 3.63) is 23.3 Å². The standard InChI is InChI=1S/C19H24BN5O7.ClH/c1-31-11-3-2-9-8-12(20(30)32-14(9)13(11)15(26)27)25-16(28)19(24-18(25)29)6-4-10(5-7-19)23-17(21)22;/h2-3,10,12,30H,4-8H2,1H3,(H,24,29)(H,26,27)(H4,21,22,23);1H/t10?,12-,19?;/m0./s1. The van der Waals surface area contributed by atoms with E-state index in [1.54, 1.807) is 6.07 Å². The van der Waals surface area contributed by atoms with E-state index < -0.39 is 36.5 Å². The number of halogens is 1. The third kappa shape index (κ3) is 4.13. The molecule has 3 amide bonds. The number of fused-ring (bicyclic) bond motifs is 1. The second kappa shape index (κ2) is 8.98. The fourth-order valence-corrected chi connectivity index (χ4v) is 4.74. The summed E-state index contributed by atoms with van der Waals surface area (Å²) in [6.45, 7) is 0. The largest absolute Gasteiger partial charge is 0.547 e. The maximum Gasteiger partial charge on any atom is 0.547 e. The summed E-state index contributed by atoms with van der Waals surface area (Å²) in [5.74, 6) is -2.73. The molecule has 178 valence electrons. The number of nitrogens with two attached hydrogens (primary N) is 2. The quantitative estimate of drug-likeness (QED) is 0.165. The highest BCUT2D eigenvalue weighted by atomic mass is 35.5. The van der Waals surface area contributed by atoms with E-state index in [0.717, 1.165) is 4.90 Å². The summed E-state index contributed by atoms with van der Waals surface area (Å²) in [6.07, 6.45) is 1.79. The zero-order chi connectivity index (χ0) is 23.2. The van der Waals surface area contributed by atoms with E-state index in [-0.39, 0.29) is 47.9 Å². The van der Waals surface area contributed by atoms with Gasteiger partial charge in [-0.15, -0.1) is 12.4 Å². The van der Waals surface area contributed by atoms with Gasteiger partial charge in [0.15, 0.2) is 5.96 Å². The van der Waals surface area contributed by atoms with Crippen LogP contribution in [0.25, 0.3) is 0 Å². The third-order valence-corrected chi connectivity index (χ3v) is 6.30. The van der Waals surface area contributed by atoms with Crippen molar-refractivity contribution in [2.45, 2.75) is 49.6 Å². The highest BCUT2D eigenvalue weighted by molar-refractivity contribution is 6.47. The molecule has 0 aromatic heterocycles. The van der Waals surface area contributed by atoms with Crippen LogP contribution in [0.2, 0.25) is 0 Å². The van der Waals surface area contributed by atoms with Crippen LogP contribution in [0.5, 0.6) is 11.5 Å². The van der Waals surface area contributed by atoms with E-state index in [4.69, 9.17) is 20.9 Å². The van der Waals surface area contributed by atoms with Crippen LogP contribution in [-0.4, -0.2) is 70.6 Å². The second-order valence-electron chi connectivity index (χ2n) is 8.19. The number of aromatic carboxylic acids is 1. The van der Waals surface area contributed by atoms with Crippen molar-refractivity contribution in [1.82, 2.24) is 10.2 Å². The fraction of sp³-hybridized carbons (Fsp3) is 0.474. The van der Waals surface area contributed by atoms with E-state index in [1.165, 1.54) is 13.2 Å². The number of nitrogens with one attached hydrogen (secondary N) is 1. The van der Waals surface area contributed by atoms with Gasteiger partial charge >= 0.3 is 19.1 Å². The van der Waals surface area contributed by atoms with Crippen molar-refractivity contribution < 1.29 is 33.9 Å². The summed E-state index contributed by atoms with van der Waals surface area (Å²) in [7, 11) is -0.277. The second-order valence-corrected chi connectivity index (χ2v) is 8.19. The predicted octanol–water partition coefficient (Wildman–Crippen LogP) is -0.355. The number of aliphatic imine (C=N–C) groups is 1. The van der Waals surface area contributed by atoms with Gasteiger partial charge in [-0.05, 0) is 43.7 Å². The summed E-state index contributed by atoms with van der Waals surface area (Å²) in [6, 6.07) is 2.31. The van der Waals surface area contributed by atoms with Crippen molar-refractivity contribution in [2.24, 2.45) is 16.5 Å². The van der Waals surface area contributed by atoms with Gasteiger partial charge in [-0.2, -0.15) is 0 Å². The molecule has 7 N–H and O–H groups in total. The molecule has 1 aromatic carbocycles. The van der Waals surface area contributed by atoms with Crippen LogP contribution < -0.4 is 26.2 Å². The molecule has 1 aromatic rings. The molecule has 14 heteroatoms. The lowest BCUT2D eigenvalue weighted by Crippen LogP contribution is -2.57. The summed E-state index contributed by atoms with van der Waals surface area (Å²) in [4.78, 5) is 42.9. The molecular formula is C19H25BClN5O7. The Morgan fingerprint density at radius 1 is 1.33 bits per heavy atom. The van der Waals surface area contributed by atoms with Crippen LogP contribution in [0.15, 0.2) is 17.1 Å². The van der Waals surface area contributed by atoms with Crippen molar-refractivity contribution in [1.29, 1.82) is 0 Å². The number of methoxy groups -OCH3 is 1. The molecule has 0 unspecified atom stereocenters. The van der Waals surface area contributed by atoms with Gasteiger partial charge < -0.3 is 36.3 Å². The van der Waals surface area contributed by atoms with Gasteiger partial charge in [0.25, 0.3) is 5.91 Å². The number of carbonyl (C=O) groups excluding carboxylic acids is 2. The van der Waals surface area contributed by atoms with Crippen LogP contribution in [0.4, 0.5) is 4.79 Å². The molecule has 2 fully saturated rings. The first-order valence-electron chi connectivity index (χ1n) is 10.2. The highest BCUT2D eigenvalue weighted by Gasteiger charge is 2.57. The molecule has 1 spiro atoms. The summed E-state index contributed by atoms with van der Waals surface area (Å²) in [5, 5.41) is 23.0. The molecule has 2 aliphatic heterocycles. The summed E-state index contributed by atoms with van der Waals surface area (Å²) >= 11 is 0. The SMILES string of the molecule is COc1ccc2c(c1C(=O)O)OB(O)[C@@H](N1C(=O)NC3(CCC(N=C(N)N)CC3)C1=O)C2.Cl. The number of imide groups is 1. The van der Waals surface area contributed by atoms with Crippen molar-refractivity contribution in [2.75, 3.05) is 7.11 Å². The molecule has 12 nitrogen and oxygen atoms in total. The van der Waals surface area contributed by atoms with Gasteiger partial charge in [-0.1, -0.05) is 6.07 Å². The first-order valence-corrected chi connectivity index (χ1v) is 10.2. The maximum atomic E-state index is 13.3. The van der Waals surface area contributed by atoms with Crippen molar-refractivity contribution >= 4 is 43.4 Å². The smallest absolute Gasteiger partial charge is 0.534 e. The number of amides is 3. The Morgan fingerprint density at radius 2 is 2.00 bits per heavy atom. The van der Waals surface area contributed by atoms with E-state index in [2.05, 4.69) is 10.3 Å². The van der Waals surface area contributed by atoms with E-state index in [0.29, 0.717) is 31.2 Å². The molecule has 3 aliphatic rings. The van der Waals surface area contributed by atoms with Crippen LogP contribution in [-0.2, 0) is 11.2 Å². The molecule has 1 saturated carbocycles. The van der Waals surface area contributed by atoms with Gasteiger partial charge in [0.05, 0.1) is 19.1 Å². The Balaban J connectivity index is 0.00000306. The molecule has 0 bridgehead atoms. The lowest BCUT2D eigenvalue weighted by molar-refractivity contribution is -0.133. The first kappa shape index (κ1) is 24.5. The van der Waals surface area contributed by atoms with E-state index >= 15 is 0 Å². The number of carbonyl (C=O) groups is 3. The molecule has 1 saturated heterocycles. The molecular weight excluding hydrogens is 457 g/mol. The molecule has 2 heterocycles. The van der Waals surface area contributed by atoms with Crippen LogP contribution in [0.1, 0.15) is 41.6 Å². The van der Waals surface area contributed by atoms with Crippen LogP contribution in [0.3, 0.4) is 0 Å². The Bertz CT molecular complexity index is 1010. The number of hydrogen-bond donors (Lipinski definition) is 5. The zero-order valence-corrected chi connectivity index (χ0v) is 18.6. The average Bonchev–Trinajstić information content (AvgIpc) is 2.97. The average molecular weight is 482 g/mol. The number of urea groups is 1. The topological polar surface area (TPSA) is 190 Å². The highest BCUT2D eigenvalue weighted by Crippen LogP contribution is 2.40. The molecule has 0 radical (unpaired) electrons. The fourth-order valence-electron chi connectivity index (χ4n) is 4.74. The molecule has 1 atom stereocenters. The molecule has 4 rings (SSSR count). The lowest BCUT2D eigenvalue weighted by atomic mass is 9.70. The zero-order valence-electron chi connectivity index (χ0n) is 17.8. The number of rotatable bonds is 4. The van der Waals surface area contributed by atoms with E-state index in [9.17, 15) is 24.5 Å². The molecule has 1 aliphatic carbocycles. The summed E-state index contributed by atoms with van der Waals surface area (Å²) < 4.78 is 10.6. The number of guanidine groups is 1. The van der Waals surface area contributed by atoms with Crippen molar-refractivity contribution in [3.63, 3.8) is 0 Å². The maximum absolute atomic E-state index is 13.3. The predicted molar refractivity (Wildman–Crippen MR) is 119 cm³/mol. The number of nitrogens with zero attached hydrogens (tertiary/aromatic N) is 2. The molecule has 33 heavy (non-hydrogen) atoms. The number of hydrogen-bond acceptors (Lipinski definition) is 7. The monoisotopic (exact) mass is 481 g/mol. The van der Waals surface area contributed by atoms with E-state index in [1.807, 2.05) is 0 Å². The minimum Gasteiger partial charge on any atom is -0.534 e. The normalized spacial score (nSPS) is 26.1. The minimum atomic E-state index is -1.60. The Hall–Kier alpha value is -3.19.